The molecule has 0 spiro atoms. The fourth-order valence-electron chi connectivity index (χ4n) is 1.79. The summed E-state index contributed by atoms with van der Waals surface area (Å²) in [6, 6.07) is 0. The zero-order valence-electron chi connectivity index (χ0n) is 9.50. The summed E-state index contributed by atoms with van der Waals surface area (Å²) in [5.41, 5.74) is -0.861. The number of piperidine rings is 1. The van der Waals surface area contributed by atoms with Gasteiger partial charge in [-0.2, -0.15) is 13.2 Å². The molecular weight excluding hydrogens is 239 g/mol. The van der Waals surface area contributed by atoms with Gasteiger partial charge >= 0.3 is 12.1 Å². The molecule has 0 bridgehead atoms. The van der Waals surface area contributed by atoms with E-state index in [0.29, 0.717) is 12.8 Å². The molecule has 0 aromatic rings. The Labute approximate surface area is 97.0 Å². The second-order valence-electron chi connectivity index (χ2n) is 4.72. The Balaban J connectivity index is 2.46. The summed E-state index contributed by atoms with van der Waals surface area (Å²) in [4.78, 5) is 12.4. The van der Waals surface area contributed by atoms with E-state index in [1.807, 2.05) is 0 Å². The van der Waals surface area contributed by atoms with Crippen LogP contribution in [0.3, 0.4) is 0 Å². The molecule has 0 aliphatic carbocycles. The van der Waals surface area contributed by atoms with Crippen molar-refractivity contribution < 1.29 is 28.2 Å². The number of carbonyl (C=O) groups is 1. The predicted octanol–water partition coefficient (Wildman–Crippen LogP) is 1.10. The maximum atomic E-state index is 12.1. The van der Waals surface area contributed by atoms with Crippen LogP contribution >= 0.6 is 0 Å². The fourth-order valence-corrected chi connectivity index (χ4v) is 1.79. The summed E-state index contributed by atoms with van der Waals surface area (Å²) in [7, 11) is 0. The van der Waals surface area contributed by atoms with Gasteiger partial charge in [-0.25, -0.2) is 0 Å². The van der Waals surface area contributed by atoms with Crippen LogP contribution in [0, 0.1) is 5.41 Å². The number of hydrogen-bond donors (Lipinski definition) is 2. The second kappa shape index (κ2) is 4.81. The molecule has 0 aromatic carbocycles. The lowest BCUT2D eigenvalue weighted by Gasteiger charge is -2.37. The summed E-state index contributed by atoms with van der Waals surface area (Å²) in [6.07, 6.45) is -6.38. The number of β-amino-alcohol motifs (C(OH)–C–C–N with tert-alkyl or cyclic N) is 1. The van der Waals surface area contributed by atoms with E-state index in [4.69, 9.17) is 10.2 Å². The highest BCUT2D eigenvalue weighted by molar-refractivity contribution is 5.74. The lowest BCUT2D eigenvalue weighted by molar-refractivity contribution is -0.209. The number of aliphatic hydroxyl groups is 1. The number of nitrogens with zero attached hydrogens (tertiary/aromatic N) is 1. The number of aliphatic hydroxyl groups excluding tert-OH is 1. The Bertz CT molecular complexity index is 285. The minimum atomic E-state index is -4.62. The van der Waals surface area contributed by atoms with Crippen molar-refractivity contribution in [2.24, 2.45) is 5.41 Å². The van der Waals surface area contributed by atoms with Crippen molar-refractivity contribution in [1.82, 2.24) is 4.90 Å². The highest BCUT2D eigenvalue weighted by Gasteiger charge is 2.42. The van der Waals surface area contributed by atoms with E-state index < -0.39 is 30.2 Å². The molecule has 1 rings (SSSR count). The Morgan fingerprint density at radius 3 is 2.24 bits per heavy atom. The molecule has 17 heavy (non-hydrogen) atoms. The van der Waals surface area contributed by atoms with Gasteiger partial charge in [-0.1, -0.05) is 0 Å². The van der Waals surface area contributed by atoms with Gasteiger partial charge in [-0.15, -0.1) is 0 Å². The van der Waals surface area contributed by atoms with E-state index in [9.17, 15) is 18.0 Å². The molecule has 0 amide bonds. The Hall–Kier alpha value is -0.820. The third-order valence-electron chi connectivity index (χ3n) is 3.28. The van der Waals surface area contributed by atoms with Crippen molar-refractivity contribution in [1.29, 1.82) is 0 Å². The van der Waals surface area contributed by atoms with Crippen molar-refractivity contribution >= 4 is 5.97 Å². The maximum Gasteiger partial charge on any atom is 0.415 e. The first-order valence-corrected chi connectivity index (χ1v) is 5.36. The van der Waals surface area contributed by atoms with Gasteiger partial charge < -0.3 is 15.1 Å². The fraction of sp³-hybridized carbons (Fsp3) is 0.900. The number of rotatable bonds is 3. The quantitative estimate of drug-likeness (QED) is 0.792. The van der Waals surface area contributed by atoms with Crippen LogP contribution in [0.2, 0.25) is 0 Å². The number of carboxylic acids is 1. The minimum absolute atomic E-state index is 0.260. The third-order valence-corrected chi connectivity index (χ3v) is 3.28. The second-order valence-corrected chi connectivity index (χ2v) is 4.72. The Kier molecular flexibility index (Phi) is 4.03. The van der Waals surface area contributed by atoms with Crippen molar-refractivity contribution in [2.45, 2.75) is 32.0 Å². The lowest BCUT2D eigenvalue weighted by atomic mass is 9.80. The molecule has 1 saturated heterocycles. The molecule has 100 valence electrons. The number of carboxylic acid groups (broad SMARTS) is 1. The lowest BCUT2D eigenvalue weighted by Crippen LogP contribution is -2.47. The number of likely N-dealkylation sites (tertiary alicyclic amines) is 1. The van der Waals surface area contributed by atoms with Gasteiger partial charge in [0.2, 0.25) is 0 Å². The van der Waals surface area contributed by atoms with Crippen molar-refractivity contribution in [2.75, 3.05) is 19.6 Å². The van der Waals surface area contributed by atoms with E-state index in [2.05, 4.69) is 0 Å². The van der Waals surface area contributed by atoms with E-state index in [-0.39, 0.29) is 13.1 Å². The predicted molar refractivity (Wildman–Crippen MR) is 53.5 cm³/mol. The number of halogens is 3. The minimum Gasteiger partial charge on any atom is -0.481 e. The molecule has 0 radical (unpaired) electrons. The average molecular weight is 255 g/mol. The molecule has 1 aliphatic heterocycles. The van der Waals surface area contributed by atoms with Gasteiger partial charge in [0, 0.05) is 6.54 Å². The zero-order valence-corrected chi connectivity index (χ0v) is 9.50. The van der Waals surface area contributed by atoms with Gasteiger partial charge in [-0.3, -0.25) is 4.79 Å². The largest absolute Gasteiger partial charge is 0.481 e. The van der Waals surface area contributed by atoms with Gasteiger partial charge in [0.25, 0.3) is 0 Å². The SMILES string of the molecule is CC1(C(=O)O)CCN(CC(O)C(F)(F)F)CC1. The monoisotopic (exact) mass is 255 g/mol. The van der Waals surface area contributed by atoms with E-state index in [1.165, 1.54) is 4.90 Å². The number of hydrogen-bond acceptors (Lipinski definition) is 3. The molecule has 1 atom stereocenters. The summed E-state index contributed by atoms with van der Waals surface area (Å²) < 4.78 is 36.3. The van der Waals surface area contributed by atoms with Crippen LogP contribution in [0.25, 0.3) is 0 Å². The molecule has 0 saturated carbocycles. The molecular formula is C10H16F3NO3. The van der Waals surface area contributed by atoms with Gasteiger partial charge in [0.1, 0.15) is 0 Å². The van der Waals surface area contributed by atoms with Crippen LogP contribution in [-0.2, 0) is 4.79 Å². The van der Waals surface area contributed by atoms with Crippen molar-refractivity contribution in [3.8, 4) is 0 Å². The first-order valence-electron chi connectivity index (χ1n) is 5.36. The van der Waals surface area contributed by atoms with Crippen LogP contribution in [0.5, 0.6) is 0 Å². The van der Waals surface area contributed by atoms with E-state index in [0.717, 1.165) is 0 Å². The summed E-state index contributed by atoms with van der Waals surface area (Å²) >= 11 is 0. The molecule has 1 aliphatic rings. The smallest absolute Gasteiger partial charge is 0.415 e. The summed E-state index contributed by atoms with van der Waals surface area (Å²) in [5.74, 6) is -0.923. The van der Waals surface area contributed by atoms with E-state index >= 15 is 0 Å². The molecule has 1 fully saturated rings. The number of alkyl halides is 3. The molecule has 7 heteroatoms. The molecule has 2 N–H and O–H groups in total. The Morgan fingerprint density at radius 1 is 1.41 bits per heavy atom. The third kappa shape index (κ3) is 3.57. The first-order chi connectivity index (χ1) is 7.65. The van der Waals surface area contributed by atoms with Crippen LogP contribution < -0.4 is 0 Å². The normalized spacial score (nSPS) is 23.4. The first kappa shape index (κ1) is 14.2. The molecule has 1 unspecified atom stereocenters. The zero-order chi connectivity index (χ0) is 13.3. The van der Waals surface area contributed by atoms with E-state index in [1.54, 1.807) is 6.92 Å². The summed E-state index contributed by atoms with van der Waals surface area (Å²) in [5, 5.41) is 17.8. The maximum absolute atomic E-state index is 12.1. The van der Waals surface area contributed by atoms with Crippen LogP contribution in [0.15, 0.2) is 0 Å². The standard InChI is InChI=1S/C10H16F3NO3/c1-9(8(16)17)2-4-14(5-3-9)6-7(15)10(11,12)13/h7,15H,2-6H2,1H3,(H,16,17). The van der Waals surface area contributed by atoms with Crippen LogP contribution in [0.4, 0.5) is 13.2 Å². The van der Waals surface area contributed by atoms with Gasteiger partial charge in [0.15, 0.2) is 6.10 Å². The van der Waals surface area contributed by atoms with Gasteiger partial charge in [-0.05, 0) is 32.9 Å². The summed E-state index contributed by atoms with van der Waals surface area (Å²) in [6.45, 7) is 1.62. The molecule has 4 nitrogen and oxygen atoms in total. The van der Waals surface area contributed by atoms with Crippen molar-refractivity contribution in [3.63, 3.8) is 0 Å². The van der Waals surface area contributed by atoms with Crippen LogP contribution in [0.1, 0.15) is 19.8 Å². The highest BCUT2D eigenvalue weighted by Crippen LogP contribution is 2.31. The highest BCUT2D eigenvalue weighted by atomic mass is 19.4. The Morgan fingerprint density at radius 2 is 1.88 bits per heavy atom. The topological polar surface area (TPSA) is 60.8 Å². The molecule has 1 heterocycles. The van der Waals surface area contributed by atoms with Crippen LogP contribution in [-0.4, -0.2) is 53.0 Å². The number of aliphatic carboxylic acids is 1. The van der Waals surface area contributed by atoms with Gasteiger partial charge in [0.05, 0.1) is 5.41 Å². The van der Waals surface area contributed by atoms with Crippen molar-refractivity contribution in [3.05, 3.63) is 0 Å². The molecule has 0 aromatic heterocycles. The average Bonchev–Trinajstić information content (AvgIpc) is 2.20.